The summed E-state index contributed by atoms with van der Waals surface area (Å²) < 4.78 is 13.2. The van der Waals surface area contributed by atoms with E-state index in [4.69, 9.17) is 23.2 Å². The summed E-state index contributed by atoms with van der Waals surface area (Å²) in [6, 6.07) is 9.34. The molecule has 2 aromatic carbocycles. The summed E-state index contributed by atoms with van der Waals surface area (Å²) in [5.41, 5.74) is 2.38. The number of hydrogen-bond acceptors (Lipinski definition) is 4. The van der Waals surface area contributed by atoms with Crippen LogP contribution in [0.15, 0.2) is 48.8 Å². The van der Waals surface area contributed by atoms with Gasteiger partial charge in [-0.1, -0.05) is 29.3 Å². The lowest BCUT2D eigenvalue weighted by Crippen LogP contribution is -2.13. The molecule has 3 rings (SSSR count). The first-order chi connectivity index (χ1) is 12.4. The van der Waals surface area contributed by atoms with Crippen molar-refractivity contribution in [2.24, 2.45) is 0 Å². The van der Waals surface area contributed by atoms with Crippen molar-refractivity contribution in [3.8, 4) is 0 Å². The van der Waals surface area contributed by atoms with E-state index in [1.54, 1.807) is 12.1 Å². The van der Waals surface area contributed by atoms with Crippen LogP contribution in [0.2, 0.25) is 10.0 Å². The minimum atomic E-state index is -0.556. The molecular weight excluding hydrogens is 378 g/mol. The van der Waals surface area contributed by atoms with Crippen LogP contribution in [-0.2, 0) is 0 Å². The second-order valence-corrected chi connectivity index (χ2v) is 6.31. The standard InChI is InChI=1S/C18H13Cl2FN4O/c1-10-2-3-12(19)6-16(10)25-18-22-8-11(9-23-18)17(26)24-13-4-5-15(21)14(20)7-13/h2-9H,1H3,(H,24,26)(H,22,23,25). The van der Waals surface area contributed by atoms with Gasteiger partial charge in [-0.3, -0.25) is 4.79 Å². The molecule has 0 aliphatic carbocycles. The maximum atomic E-state index is 13.2. The quantitative estimate of drug-likeness (QED) is 0.640. The largest absolute Gasteiger partial charge is 0.324 e. The molecule has 0 fully saturated rings. The van der Waals surface area contributed by atoms with Crippen molar-refractivity contribution in [1.29, 1.82) is 0 Å². The number of benzene rings is 2. The van der Waals surface area contributed by atoms with Crippen LogP contribution < -0.4 is 10.6 Å². The lowest BCUT2D eigenvalue weighted by atomic mass is 10.2. The van der Waals surface area contributed by atoms with Gasteiger partial charge in [0.25, 0.3) is 5.91 Å². The predicted molar refractivity (Wildman–Crippen MR) is 101 cm³/mol. The molecule has 3 aromatic rings. The maximum absolute atomic E-state index is 13.2. The molecule has 0 atom stereocenters. The minimum absolute atomic E-state index is 0.0736. The molecule has 1 heterocycles. The topological polar surface area (TPSA) is 66.9 Å². The van der Waals surface area contributed by atoms with Gasteiger partial charge < -0.3 is 10.6 Å². The number of amides is 1. The van der Waals surface area contributed by atoms with E-state index in [1.807, 2.05) is 13.0 Å². The van der Waals surface area contributed by atoms with Crippen molar-refractivity contribution in [2.75, 3.05) is 10.6 Å². The number of carbonyl (C=O) groups is 1. The third-order valence-corrected chi connectivity index (χ3v) is 4.06. The van der Waals surface area contributed by atoms with E-state index in [0.717, 1.165) is 11.3 Å². The Labute approximate surface area is 159 Å². The third kappa shape index (κ3) is 4.28. The number of anilines is 3. The zero-order valence-electron chi connectivity index (χ0n) is 13.6. The van der Waals surface area contributed by atoms with Crippen LogP contribution in [0.3, 0.4) is 0 Å². The Morgan fingerprint density at radius 3 is 2.50 bits per heavy atom. The molecule has 8 heteroatoms. The maximum Gasteiger partial charge on any atom is 0.258 e. The highest BCUT2D eigenvalue weighted by Crippen LogP contribution is 2.23. The summed E-state index contributed by atoms with van der Waals surface area (Å²) in [4.78, 5) is 20.5. The van der Waals surface area contributed by atoms with E-state index >= 15 is 0 Å². The SMILES string of the molecule is Cc1ccc(Cl)cc1Nc1ncc(C(=O)Nc2ccc(F)c(Cl)c2)cn1. The van der Waals surface area contributed by atoms with Gasteiger partial charge in [0, 0.05) is 28.8 Å². The van der Waals surface area contributed by atoms with E-state index in [0.29, 0.717) is 16.7 Å². The Kier molecular flexibility index (Phi) is 5.35. The lowest BCUT2D eigenvalue weighted by molar-refractivity contribution is 0.102. The number of rotatable bonds is 4. The van der Waals surface area contributed by atoms with Crippen molar-refractivity contribution in [2.45, 2.75) is 6.92 Å². The van der Waals surface area contributed by atoms with Crippen LogP contribution >= 0.6 is 23.2 Å². The van der Waals surface area contributed by atoms with Crippen LogP contribution in [0.5, 0.6) is 0 Å². The molecule has 5 nitrogen and oxygen atoms in total. The van der Waals surface area contributed by atoms with Gasteiger partial charge in [-0.05, 0) is 42.8 Å². The van der Waals surface area contributed by atoms with Gasteiger partial charge in [0.1, 0.15) is 5.82 Å². The summed E-state index contributed by atoms with van der Waals surface area (Å²) in [7, 11) is 0. The smallest absolute Gasteiger partial charge is 0.258 e. The van der Waals surface area contributed by atoms with Crippen molar-refractivity contribution >= 4 is 46.4 Å². The zero-order chi connectivity index (χ0) is 18.7. The zero-order valence-corrected chi connectivity index (χ0v) is 15.1. The Bertz CT molecular complexity index is 964. The Hall–Kier alpha value is -2.70. The van der Waals surface area contributed by atoms with E-state index < -0.39 is 11.7 Å². The summed E-state index contributed by atoms with van der Waals surface area (Å²) in [5, 5.41) is 6.17. The van der Waals surface area contributed by atoms with Crippen molar-refractivity contribution in [1.82, 2.24) is 9.97 Å². The van der Waals surface area contributed by atoms with Gasteiger partial charge in [0.15, 0.2) is 0 Å². The molecule has 1 amide bonds. The molecule has 0 aliphatic heterocycles. The number of nitrogens with one attached hydrogen (secondary N) is 2. The van der Waals surface area contributed by atoms with E-state index in [-0.39, 0.29) is 10.6 Å². The minimum Gasteiger partial charge on any atom is -0.324 e. The second-order valence-electron chi connectivity index (χ2n) is 5.46. The first kappa shape index (κ1) is 18.1. The molecule has 26 heavy (non-hydrogen) atoms. The number of halogens is 3. The number of nitrogens with zero attached hydrogens (tertiary/aromatic N) is 2. The van der Waals surface area contributed by atoms with Crippen LogP contribution in [0.25, 0.3) is 0 Å². The Morgan fingerprint density at radius 2 is 1.81 bits per heavy atom. The average Bonchev–Trinajstić information content (AvgIpc) is 2.62. The lowest BCUT2D eigenvalue weighted by Gasteiger charge is -2.09. The molecule has 0 unspecified atom stereocenters. The Morgan fingerprint density at radius 1 is 1.08 bits per heavy atom. The van der Waals surface area contributed by atoms with Gasteiger partial charge in [-0.15, -0.1) is 0 Å². The molecule has 132 valence electrons. The van der Waals surface area contributed by atoms with Crippen molar-refractivity contribution in [3.05, 3.63) is 75.8 Å². The summed E-state index contributed by atoms with van der Waals surface area (Å²) in [5.74, 6) is -0.658. The monoisotopic (exact) mass is 390 g/mol. The predicted octanol–water partition coefficient (Wildman–Crippen LogP) is 5.23. The molecule has 0 saturated heterocycles. The fraction of sp³-hybridized carbons (Fsp3) is 0.0556. The first-order valence-corrected chi connectivity index (χ1v) is 8.29. The molecule has 0 aliphatic rings. The molecule has 0 saturated carbocycles. The summed E-state index contributed by atoms with van der Waals surface area (Å²) in [6.07, 6.45) is 2.77. The van der Waals surface area contributed by atoms with E-state index in [2.05, 4.69) is 20.6 Å². The van der Waals surface area contributed by atoms with Gasteiger partial charge in [0.05, 0.1) is 10.6 Å². The number of aromatic nitrogens is 2. The highest BCUT2D eigenvalue weighted by molar-refractivity contribution is 6.31. The van der Waals surface area contributed by atoms with E-state index in [1.165, 1.54) is 30.6 Å². The van der Waals surface area contributed by atoms with Crippen LogP contribution in [0.4, 0.5) is 21.7 Å². The van der Waals surface area contributed by atoms with Gasteiger partial charge in [-0.2, -0.15) is 0 Å². The van der Waals surface area contributed by atoms with Gasteiger partial charge >= 0.3 is 0 Å². The molecular formula is C18H13Cl2FN4O. The Balaban J connectivity index is 1.71. The molecule has 1 aromatic heterocycles. The molecule has 2 N–H and O–H groups in total. The molecule has 0 spiro atoms. The fourth-order valence-corrected chi connectivity index (χ4v) is 2.49. The summed E-state index contributed by atoms with van der Waals surface area (Å²) >= 11 is 11.7. The van der Waals surface area contributed by atoms with Crippen LogP contribution in [-0.4, -0.2) is 15.9 Å². The fourth-order valence-electron chi connectivity index (χ4n) is 2.14. The second kappa shape index (κ2) is 7.68. The third-order valence-electron chi connectivity index (χ3n) is 3.54. The summed E-state index contributed by atoms with van der Waals surface area (Å²) in [6.45, 7) is 1.92. The van der Waals surface area contributed by atoms with Crippen molar-refractivity contribution < 1.29 is 9.18 Å². The van der Waals surface area contributed by atoms with Crippen molar-refractivity contribution in [3.63, 3.8) is 0 Å². The number of aryl methyl sites for hydroxylation is 1. The molecule has 0 radical (unpaired) electrons. The van der Waals surface area contributed by atoms with Gasteiger partial charge in [0.2, 0.25) is 5.95 Å². The number of hydrogen-bond donors (Lipinski definition) is 2. The highest BCUT2D eigenvalue weighted by Gasteiger charge is 2.10. The van der Waals surface area contributed by atoms with E-state index in [9.17, 15) is 9.18 Å². The van der Waals surface area contributed by atoms with Gasteiger partial charge in [-0.25, -0.2) is 14.4 Å². The van der Waals surface area contributed by atoms with Crippen LogP contribution in [0.1, 0.15) is 15.9 Å². The highest BCUT2D eigenvalue weighted by atomic mass is 35.5. The number of carbonyl (C=O) groups excluding carboxylic acids is 1. The van der Waals surface area contributed by atoms with Crippen LogP contribution in [0, 0.1) is 12.7 Å². The first-order valence-electron chi connectivity index (χ1n) is 7.54. The average molecular weight is 391 g/mol. The molecule has 0 bridgehead atoms. The normalized spacial score (nSPS) is 10.5.